The number of rotatable bonds is 4. The number of nitrogens with zero attached hydrogens (tertiary/aromatic N) is 4. The van der Waals surface area contributed by atoms with Crippen LogP contribution in [0.3, 0.4) is 0 Å². The summed E-state index contributed by atoms with van der Waals surface area (Å²) in [7, 11) is 1.89. The van der Waals surface area contributed by atoms with Crippen LogP contribution in [0.4, 0.5) is 0 Å². The van der Waals surface area contributed by atoms with E-state index in [4.69, 9.17) is 4.52 Å². The van der Waals surface area contributed by atoms with Gasteiger partial charge in [-0.3, -0.25) is 9.48 Å². The fourth-order valence-corrected chi connectivity index (χ4v) is 3.76. The van der Waals surface area contributed by atoms with Gasteiger partial charge in [-0.1, -0.05) is 35.0 Å². The molecule has 140 valence electrons. The van der Waals surface area contributed by atoms with E-state index in [-0.39, 0.29) is 11.9 Å². The molecule has 0 bridgehead atoms. The summed E-state index contributed by atoms with van der Waals surface area (Å²) in [4.78, 5) is 15.0. The van der Waals surface area contributed by atoms with Crippen LogP contribution in [0.2, 0.25) is 0 Å². The van der Waals surface area contributed by atoms with Gasteiger partial charge in [0, 0.05) is 25.9 Å². The van der Waals surface area contributed by atoms with Crippen LogP contribution in [0.25, 0.3) is 11.3 Å². The molecule has 1 aliphatic rings. The predicted molar refractivity (Wildman–Crippen MR) is 102 cm³/mol. The number of hydrogen-bond donors (Lipinski definition) is 0. The third-order valence-electron chi connectivity index (χ3n) is 5.12. The maximum atomic E-state index is 13.0. The highest BCUT2D eigenvalue weighted by Crippen LogP contribution is 2.37. The van der Waals surface area contributed by atoms with Crippen LogP contribution in [0.15, 0.2) is 41.1 Å². The van der Waals surface area contributed by atoms with Crippen LogP contribution in [0.1, 0.15) is 41.4 Å². The van der Waals surface area contributed by atoms with Crippen molar-refractivity contribution in [2.45, 2.75) is 39.2 Å². The van der Waals surface area contributed by atoms with Crippen molar-refractivity contribution >= 4 is 5.91 Å². The Morgan fingerprint density at radius 2 is 2.04 bits per heavy atom. The van der Waals surface area contributed by atoms with E-state index in [0.717, 1.165) is 41.9 Å². The smallest absolute Gasteiger partial charge is 0.227 e. The van der Waals surface area contributed by atoms with Gasteiger partial charge in [-0.05, 0) is 32.3 Å². The zero-order valence-electron chi connectivity index (χ0n) is 16.0. The van der Waals surface area contributed by atoms with Gasteiger partial charge in [-0.25, -0.2) is 0 Å². The molecule has 1 aliphatic heterocycles. The van der Waals surface area contributed by atoms with Gasteiger partial charge in [0.15, 0.2) is 5.76 Å². The maximum absolute atomic E-state index is 13.0. The highest BCUT2D eigenvalue weighted by molar-refractivity contribution is 5.80. The Hall–Kier alpha value is -2.89. The topological polar surface area (TPSA) is 64.2 Å². The Balaban J connectivity index is 1.60. The molecule has 4 rings (SSSR count). The first-order chi connectivity index (χ1) is 13.0. The number of aryl methyl sites for hydroxylation is 3. The largest absolute Gasteiger partial charge is 0.356 e. The summed E-state index contributed by atoms with van der Waals surface area (Å²) in [5, 5.41) is 8.66. The Kier molecular flexibility index (Phi) is 4.56. The monoisotopic (exact) mass is 364 g/mol. The fraction of sp³-hybridized carbons (Fsp3) is 0.381. The van der Waals surface area contributed by atoms with Crippen molar-refractivity contribution in [3.8, 4) is 11.3 Å². The molecular formula is C21H24N4O2. The molecule has 6 heteroatoms. The molecule has 27 heavy (non-hydrogen) atoms. The first kappa shape index (κ1) is 17.5. The average Bonchev–Trinajstić information content (AvgIpc) is 3.35. The van der Waals surface area contributed by atoms with E-state index in [1.807, 2.05) is 55.4 Å². The first-order valence-corrected chi connectivity index (χ1v) is 9.33. The third-order valence-corrected chi connectivity index (χ3v) is 5.12. The molecule has 2 aromatic heterocycles. The molecule has 3 aromatic rings. The first-order valence-electron chi connectivity index (χ1n) is 9.33. The zero-order chi connectivity index (χ0) is 19.0. The lowest BCUT2D eigenvalue weighted by atomic mass is 10.0. The van der Waals surface area contributed by atoms with Crippen molar-refractivity contribution in [1.29, 1.82) is 0 Å². The van der Waals surface area contributed by atoms with E-state index in [2.05, 4.69) is 17.2 Å². The van der Waals surface area contributed by atoms with Gasteiger partial charge in [0.25, 0.3) is 0 Å². The van der Waals surface area contributed by atoms with Crippen LogP contribution in [-0.2, 0) is 18.3 Å². The van der Waals surface area contributed by atoms with Crippen molar-refractivity contribution in [3.63, 3.8) is 0 Å². The van der Waals surface area contributed by atoms with Gasteiger partial charge in [0.1, 0.15) is 0 Å². The fourth-order valence-electron chi connectivity index (χ4n) is 3.76. The van der Waals surface area contributed by atoms with Gasteiger partial charge >= 0.3 is 0 Å². The molecule has 1 aromatic carbocycles. The minimum atomic E-state index is -0.0236. The van der Waals surface area contributed by atoms with Crippen molar-refractivity contribution in [2.75, 3.05) is 6.54 Å². The summed E-state index contributed by atoms with van der Waals surface area (Å²) >= 11 is 0. The molecule has 1 saturated heterocycles. The van der Waals surface area contributed by atoms with Gasteiger partial charge in [0.05, 0.1) is 29.4 Å². The third kappa shape index (κ3) is 3.52. The number of likely N-dealkylation sites (tertiary alicyclic amines) is 1. The van der Waals surface area contributed by atoms with Crippen LogP contribution >= 0.6 is 0 Å². The summed E-state index contributed by atoms with van der Waals surface area (Å²) in [6, 6.07) is 10.0. The van der Waals surface area contributed by atoms with E-state index < -0.39 is 0 Å². The Bertz CT molecular complexity index is 955. The normalized spacial score (nSPS) is 16.9. The molecule has 1 fully saturated rings. The number of benzene rings is 1. The number of amides is 1. The second-order valence-electron chi connectivity index (χ2n) is 7.34. The Morgan fingerprint density at radius 1 is 1.26 bits per heavy atom. The predicted octanol–water partition coefficient (Wildman–Crippen LogP) is 3.60. The van der Waals surface area contributed by atoms with Crippen molar-refractivity contribution in [1.82, 2.24) is 19.8 Å². The van der Waals surface area contributed by atoms with E-state index in [1.165, 1.54) is 5.56 Å². The van der Waals surface area contributed by atoms with Crippen LogP contribution in [0.5, 0.6) is 0 Å². The van der Waals surface area contributed by atoms with E-state index in [0.29, 0.717) is 12.2 Å². The van der Waals surface area contributed by atoms with E-state index in [1.54, 1.807) is 4.68 Å². The van der Waals surface area contributed by atoms with Crippen LogP contribution in [0, 0.1) is 13.8 Å². The second-order valence-corrected chi connectivity index (χ2v) is 7.34. The van der Waals surface area contributed by atoms with Crippen LogP contribution < -0.4 is 0 Å². The maximum Gasteiger partial charge on any atom is 0.227 e. The molecule has 1 atom stereocenters. The Labute approximate surface area is 158 Å². The lowest BCUT2D eigenvalue weighted by Crippen LogP contribution is -2.32. The number of carbonyl (C=O) groups excluding carboxylic acids is 1. The number of carbonyl (C=O) groups is 1. The highest BCUT2D eigenvalue weighted by Gasteiger charge is 2.34. The minimum absolute atomic E-state index is 0.0236. The van der Waals surface area contributed by atoms with Gasteiger partial charge < -0.3 is 9.42 Å². The van der Waals surface area contributed by atoms with Crippen molar-refractivity contribution < 1.29 is 9.32 Å². The molecule has 0 aliphatic carbocycles. The summed E-state index contributed by atoms with van der Waals surface area (Å²) in [5.41, 5.74) is 4.88. The minimum Gasteiger partial charge on any atom is -0.356 e. The lowest BCUT2D eigenvalue weighted by molar-refractivity contribution is -0.131. The van der Waals surface area contributed by atoms with Crippen molar-refractivity contribution in [2.24, 2.45) is 7.05 Å². The second kappa shape index (κ2) is 7.02. The standard InChI is InChI=1S/C21H24N4O2/c1-14-6-8-16(9-7-14)12-20(26)25-10-4-5-18(25)21-17(13-24(3)22-21)19-11-15(2)23-27-19/h6-9,11,13,18H,4-5,10,12H2,1-3H3. The molecule has 0 N–H and O–H groups in total. The van der Waals surface area contributed by atoms with Crippen molar-refractivity contribution in [3.05, 3.63) is 59.0 Å². The van der Waals surface area contributed by atoms with Gasteiger partial charge in [0.2, 0.25) is 5.91 Å². The molecule has 6 nitrogen and oxygen atoms in total. The van der Waals surface area contributed by atoms with Crippen LogP contribution in [-0.4, -0.2) is 32.3 Å². The SMILES string of the molecule is Cc1ccc(CC(=O)N2CCCC2c2nn(C)cc2-c2cc(C)no2)cc1. The molecule has 0 saturated carbocycles. The molecule has 3 heterocycles. The molecule has 0 radical (unpaired) electrons. The average molecular weight is 364 g/mol. The van der Waals surface area contributed by atoms with Gasteiger partial charge in [-0.2, -0.15) is 5.10 Å². The van der Waals surface area contributed by atoms with E-state index in [9.17, 15) is 4.79 Å². The quantitative estimate of drug-likeness (QED) is 0.710. The Morgan fingerprint density at radius 3 is 2.74 bits per heavy atom. The molecule has 1 unspecified atom stereocenters. The number of hydrogen-bond acceptors (Lipinski definition) is 4. The molecule has 0 spiro atoms. The summed E-state index contributed by atoms with van der Waals surface area (Å²) in [6.45, 7) is 4.72. The highest BCUT2D eigenvalue weighted by atomic mass is 16.5. The summed E-state index contributed by atoms with van der Waals surface area (Å²) < 4.78 is 7.24. The summed E-state index contributed by atoms with van der Waals surface area (Å²) in [5.74, 6) is 0.847. The molecule has 1 amide bonds. The lowest BCUT2D eigenvalue weighted by Gasteiger charge is -2.24. The van der Waals surface area contributed by atoms with Gasteiger partial charge in [-0.15, -0.1) is 0 Å². The number of aromatic nitrogens is 3. The van der Waals surface area contributed by atoms with E-state index >= 15 is 0 Å². The molecular weight excluding hydrogens is 340 g/mol. The zero-order valence-corrected chi connectivity index (χ0v) is 16.0. The summed E-state index contributed by atoms with van der Waals surface area (Å²) in [6.07, 6.45) is 4.25.